The number of rotatable bonds is 1. The van der Waals surface area contributed by atoms with E-state index in [9.17, 15) is 8.78 Å². The normalized spacial score (nSPS) is 9.86. The minimum atomic E-state index is -0.814. The second-order valence-electron chi connectivity index (χ2n) is 2.97. The van der Waals surface area contributed by atoms with Crippen molar-refractivity contribution in [3.63, 3.8) is 0 Å². The zero-order valence-electron chi connectivity index (χ0n) is 7.37. The van der Waals surface area contributed by atoms with Crippen molar-refractivity contribution in [2.45, 2.75) is 0 Å². The van der Waals surface area contributed by atoms with Gasteiger partial charge in [-0.25, -0.2) is 0 Å². The van der Waals surface area contributed by atoms with Crippen LogP contribution in [0.15, 0.2) is 42.4 Å². The summed E-state index contributed by atoms with van der Waals surface area (Å²) in [6.07, 6.45) is 0. The molecule has 0 spiro atoms. The topological polar surface area (TPSA) is 0 Å². The Hall–Kier alpha value is -1.51. The van der Waals surface area contributed by atoms with Crippen molar-refractivity contribution < 1.29 is 8.78 Å². The first-order valence-corrected chi connectivity index (χ1v) is 4.28. The number of benzene rings is 1. The molecule has 2 aromatic rings. The predicted molar refractivity (Wildman–Crippen MR) is 53.1 cm³/mol. The van der Waals surface area contributed by atoms with E-state index in [0.29, 0.717) is 11.0 Å². The van der Waals surface area contributed by atoms with E-state index in [1.807, 2.05) is 6.07 Å². The molecule has 0 radical (unpaired) electrons. The number of hydrogen-bond donors (Lipinski definition) is 0. The minimum absolute atomic E-state index is 0.297. The van der Waals surface area contributed by atoms with E-state index in [0.717, 1.165) is 6.07 Å². The van der Waals surface area contributed by atoms with Gasteiger partial charge in [0.2, 0.25) is 0 Å². The van der Waals surface area contributed by atoms with Gasteiger partial charge >= 0.3 is 80.7 Å². The van der Waals surface area contributed by atoms with Crippen LogP contribution in [0.5, 0.6) is 0 Å². The first-order chi connectivity index (χ1) is 6.79. The van der Waals surface area contributed by atoms with Crippen LogP contribution in [0.3, 0.4) is 0 Å². The summed E-state index contributed by atoms with van der Waals surface area (Å²) in [4.78, 5) is 0. The van der Waals surface area contributed by atoms with Gasteiger partial charge in [0.1, 0.15) is 0 Å². The summed E-state index contributed by atoms with van der Waals surface area (Å²) >= 11 is 0. The molecule has 0 N–H and O–H groups in total. The van der Waals surface area contributed by atoms with Crippen LogP contribution in [0.4, 0.5) is 8.78 Å². The zero-order chi connectivity index (χ0) is 9.97. The van der Waals surface area contributed by atoms with Crippen molar-refractivity contribution in [3.05, 3.63) is 54.0 Å². The van der Waals surface area contributed by atoms with Gasteiger partial charge in [-0.1, -0.05) is 0 Å². The first kappa shape index (κ1) is 9.07. The van der Waals surface area contributed by atoms with Crippen LogP contribution in [-0.4, -0.2) is 6.91 Å². The molecule has 1 aromatic carbocycles. The van der Waals surface area contributed by atoms with Gasteiger partial charge in [0.05, 0.1) is 0 Å². The first-order valence-electron chi connectivity index (χ1n) is 4.28. The SMILES string of the molecule is Fc1ccbc(-c2ccccc2)c1F. The molecule has 0 aliphatic heterocycles. The van der Waals surface area contributed by atoms with Gasteiger partial charge in [-0.15, -0.1) is 0 Å². The van der Waals surface area contributed by atoms with Gasteiger partial charge < -0.3 is 0 Å². The van der Waals surface area contributed by atoms with Gasteiger partial charge in [-0.05, 0) is 0 Å². The van der Waals surface area contributed by atoms with Crippen molar-refractivity contribution in [1.82, 2.24) is 0 Å². The van der Waals surface area contributed by atoms with Gasteiger partial charge in [-0.3, -0.25) is 0 Å². The molecule has 0 nitrogen and oxygen atoms in total. The maximum absolute atomic E-state index is 13.3. The molecule has 0 atom stereocenters. The molecule has 0 saturated heterocycles. The van der Waals surface area contributed by atoms with Crippen LogP contribution in [0, 0.1) is 11.6 Å². The molecule has 1 heterocycles. The third-order valence-electron chi connectivity index (χ3n) is 2.04. The summed E-state index contributed by atoms with van der Waals surface area (Å²) in [5.41, 5.74) is 0.982. The van der Waals surface area contributed by atoms with Crippen LogP contribution in [0.2, 0.25) is 0 Å². The van der Waals surface area contributed by atoms with Gasteiger partial charge in [0.15, 0.2) is 0 Å². The fourth-order valence-corrected chi connectivity index (χ4v) is 1.34. The molecule has 0 amide bonds. The third kappa shape index (κ3) is 1.58. The van der Waals surface area contributed by atoms with Gasteiger partial charge in [0.25, 0.3) is 0 Å². The quantitative estimate of drug-likeness (QED) is 0.645. The van der Waals surface area contributed by atoms with Crippen LogP contribution in [0.25, 0.3) is 11.0 Å². The summed E-state index contributed by atoms with van der Waals surface area (Å²) in [5, 5.41) is 0. The van der Waals surface area contributed by atoms with Crippen LogP contribution < -0.4 is 0 Å². The van der Waals surface area contributed by atoms with Crippen molar-refractivity contribution in [2.24, 2.45) is 0 Å². The number of hydrogen-bond acceptors (Lipinski definition) is 0. The Bertz CT molecular complexity index is 440. The Labute approximate surface area is 81.4 Å². The van der Waals surface area contributed by atoms with E-state index in [1.165, 1.54) is 5.96 Å². The van der Waals surface area contributed by atoms with Gasteiger partial charge in [-0.2, -0.15) is 0 Å². The summed E-state index contributed by atoms with van der Waals surface area (Å²) in [6.45, 7) is 1.56. The average Bonchev–Trinajstić information content (AvgIpc) is 2.23. The summed E-state index contributed by atoms with van der Waals surface area (Å²) < 4.78 is 26.2. The molecular weight excluding hydrogens is 181 g/mol. The zero-order valence-corrected chi connectivity index (χ0v) is 7.37. The van der Waals surface area contributed by atoms with Crippen molar-refractivity contribution in [3.8, 4) is 11.0 Å². The van der Waals surface area contributed by atoms with E-state index in [1.54, 1.807) is 31.2 Å². The van der Waals surface area contributed by atoms with E-state index in [2.05, 4.69) is 0 Å². The standard InChI is InChI=1S/C11H7BF2/c13-9-6-7-12-10(11(9)14)8-4-2-1-3-5-8/h1-7H. The van der Waals surface area contributed by atoms with Crippen LogP contribution >= 0.6 is 0 Å². The maximum atomic E-state index is 13.3. The molecule has 3 heteroatoms. The second kappa shape index (κ2) is 3.70. The molecule has 2 rings (SSSR count). The summed E-state index contributed by atoms with van der Waals surface area (Å²) in [7, 11) is 0. The fraction of sp³-hybridized carbons (Fsp3) is 0. The molecule has 0 aliphatic carbocycles. The molecule has 0 fully saturated rings. The van der Waals surface area contributed by atoms with Crippen molar-refractivity contribution in [1.29, 1.82) is 0 Å². The number of halogens is 2. The molecule has 68 valence electrons. The Morgan fingerprint density at radius 3 is 2.36 bits per heavy atom. The fourth-order valence-electron chi connectivity index (χ4n) is 1.34. The molecule has 0 unspecified atom stereocenters. The Morgan fingerprint density at radius 2 is 1.64 bits per heavy atom. The van der Waals surface area contributed by atoms with E-state index in [4.69, 9.17) is 0 Å². The van der Waals surface area contributed by atoms with E-state index < -0.39 is 11.6 Å². The average molecular weight is 188 g/mol. The van der Waals surface area contributed by atoms with Crippen molar-refractivity contribution >= 4 is 6.91 Å². The molecular formula is C11H7BF2. The van der Waals surface area contributed by atoms with Crippen LogP contribution in [0.1, 0.15) is 0 Å². The summed E-state index contributed by atoms with van der Waals surface area (Å²) in [6, 6.07) is 10.0. The van der Waals surface area contributed by atoms with Crippen LogP contribution in [-0.2, 0) is 0 Å². The Morgan fingerprint density at radius 1 is 0.929 bits per heavy atom. The molecule has 0 saturated carbocycles. The van der Waals surface area contributed by atoms with E-state index in [-0.39, 0.29) is 0 Å². The Kier molecular flexibility index (Phi) is 2.40. The summed E-state index contributed by atoms with van der Waals surface area (Å²) in [5.74, 6) is -0.106. The molecule has 1 aromatic heterocycles. The Balaban J connectivity index is 2.58. The van der Waals surface area contributed by atoms with Gasteiger partial charge in [0, 0.05) is 0 Å². The predicted octanol–water partition coefficient (Wildman–Crippen LogP) is 2.97. The molecule has 0 bridgehead atoms. The third-order valence-corrected chi connectivity index (χ3v) is 2.04. The van der Waals surface area contributed by atoms with E-state index >= 15 is 0 Å². The second-order valence-corrected chi connectivity index (χ2v) is 2.97. The van der Waals surface area contributed by atoms with Crippen molar-refractivity contribution in [2.75, 3.05) is 0 Å². The monoisotopic (exact) mass is 188 g/mol. The molecule has 14 heavy (non-hydrogen) atoms. The molecule has 0 aliphatic rings.